The number of nitrogen functional groups attached to an aromatic ring is 1. The molecule has 0 saturated carbocycles. The molecule has 0 aliphatic heterocycles. The predicted molar refractivity (Wildman–Crippen MR) is 119 cm³/mol. The highest BCUT2D eigenvalue weighted by atomic mass is 35.5. The van der Waals surface area contributed by atoms with E-state index in [-0.39, 0.29) is 28.3 Å². The highest BCUT2D eigenvalue weighted by Gasteiger charge is 2.14. The van der Waals surface area contributed by atoms with Gasteiger partial charge in [0, 0.05) is 16.3 Å². The molecule has 8 nitrogen and oxygen atoms in total. The number of nitrogens with one attached hydrogen (secondary N) is 3. The second-order valence-corrected chi connectivity index (χ2v) is 7.62. The molecule has 0 fully saturated rings. The van der Waals surface area contributed by atoms with Gasteiger partial charge >= 0.3 is 0 Å². The SMILES string of the molecule is Cc1ccc(NC(=O)CSc2nc(N)c(NC(=O)c3ccccc3)c(=O)[nH]2)cc1Cl. The molecule has 0 aliphatic carbocycles. The molecule has 3 aromatic rings. The van der Waals surface area contributed by atoms with Crippen molar-refractivity contribution in [3.63, 3.8) is 0 Å². The Morgan fingerprint density at radius 1 is 1.17 bits per heavy atom. The average molecular weight is 444 g/mol. The summed E-state index contributed by atoms with van der Waals surface area (Å²) in [6.07, 6.45) is 0. The number of aromatic nitrogens is 2. The molecule has 10 heteroatoms. The third kappa shape index (κ3) is 5.40. The van der Waals surface area contributed by atoms with Crippen LogP contribution in [-0.4, -0.2) is 27.5 Å². The largest absolute Gasteiger partial charge is 0.382 e. The van der Waals surface area contributed by atoms with Gasteiger partial charge in [-0.3, -0.25) is 19.4 Å². The molecule has 5 N–H and O–H groups in total. The Bertz CT molecular complexity index is 1150. The molecule has 0 unspecified atom stereocenters. The van der Waals surface area contributed by atoms with Crippen LogP contribution < -0.4 is 21.9 Å². The first-order chi connectivity index (χ1) is 14.3. The van der Waals surface area contributed by atoms with E-state index in [4.69, 9.17) is 17.3 Å². The fourth-order valence-corrected chi connectivity index (χ4v) is 3.28. The Hall–Kier alpha value is -3.30. The molecule has 0 spiro atoms. The van der Waals surface area contributed by atoms with E-state index in [1.807, 2.05) is 6.92 Å². The lowest BCUT2D eigenvalue weighted by Gasteiger charge is -2.09. The number of aryl methyl sites for hydroxylation is 1. The molecule has 1 heterocycles. The Balaban J connectivity index is 1.63. The maximum absolute atomic E-state index is 12.3. The molecule has 0 saturated heterocycles. The van der Waals surface area contributed by atoms with Gasteiger partial charge in [-0.15, -0.1) is 0 Å². The summed E-state index contributed by atoms with van der Waals surface area (Å²) >= 11 is 7.05. The van der Waals surface area contributed by atoms with Crippen LogP contribution in [-0.2, 0) is 4.79 Å². The number of benzene rings is 2. The van der Waals surface area contributed by atoms with E-state index >= 15 is 0 Å². The Labute approximate surface area is 181 Å². The minimum Gasteiger partial charge on any atom is -0.382 e. The molecule has 30 heavy (non-hydrogen) atoms. The van der Waals surface area contributed by atoms with Gasteiger partial charge in [-0.05, 0) is 36.8 Å². The van der Waals surface area contributed by atoms with Crippen molar-refractivity contribution >= 4 is 52.4 Å². The zero-order valence-electron chi connectivity index (χ0n) is 15.9. The van der Waals surface area contributed by atoms with Crippen LogP contribution in [0.5, 0.6) is 0 Å². The van der Waals surface area contributed by atoms with Gasteiger partial charge in [0.05, 0.1) is 5.75 Å². The number of nitrogens with zero attached hydrogens (tertiary/aromatic N) is 1. The number of halogens is 1. The lowest BCUT2D eigenvalue weighted by molar-refractivity contribution is -0.113. The zero-order valence-corrected chi connectivity index (χ0v) is 17.4. The summed E-state index contributed by atoms with van der Waals surface area (Å²) in [5.74, 6) is -0.936. The number of nitrogens with two attached hydrogens (primary N) is 1. The summed E-state index contributed by atoms with van der Waals surface area (Å²) in [5, 5.41) is 5.88. The number of aromatic amines is 1. The Kier molecular flexibility index (Phi) is 6.76. The van der Waals surface area contributed by atoms with E-state index in [2.05, 4.69) is 20.6 Å². The van der Waals surface area contributed by atoms with Crippen molar-refractivity contribution in [2.24, 2.45) is 0 Å². The fraction of sp³-hybridized carbons (Fsp3) is 0.100. The van der Waals surface area contributed by atoms with Gasteiger partial charge in [-0.25, -0.2) is 4.98 Å². The number of rotatable bonds is 6. The molecule has 2 amide bonds. The van der Waals surface area contributed by atoms with Crippen LogP contribution >= 0.6 is 23.4 Å². The minimum absolute atomic E-state index is 0.0103. The average Bonchev–Trinajstić information content (AvgIpc) is 2.72. The van der Waals surface area contributed by atoms with Crippen LogP contribution in [0.3, 0.4) is 0 Å². The van der Waals surface area contributed by atoms with Crippen molar-refractivity contribution in [1.29, 1.82) is 0 Å². The lowest BCUT2D eigenvalue weighted by Crippen LogP contribution is -2.23. The van der Waals surface area contributed by atoms with Crippen LogP contribution in [0.25, 0.3) is 0 Å². The van der Waals surface area contributed by atoms with Gasteiger partial charge in [-0.1, -0.05) is 47.6 Å². The molecular weight excluding hydrogens is 426 g/mol. The van der Waals surface area contributed by atoms with Gasteiger partial charge in [0.2, 0.25) is 5.91 Å². The molecular formula is C20H18ClN5O3S. The number of hydrogen-bond donors (Lipinski definition) is 4. The van der Waals surface area contributed by atoms with Crippen LogP contribution in [0.15, 0.2) is 58.5 Å². The highest BCUT2D eigenvalue weighted by molar-refractivity contribution is 7.99. The molecule has 0 aliphatic rings. The fourth-order valence-electron chi connectivity index (χ4n) is 2.44. The van der Waals surface area contributed by atoms with Crippen molar-refractivity contribution in [2.75, 3.05) is 22.1 Å². The smallest absolute Gasteiger partial charge is 0.277 e. The summed E-state index contributed by atoms with van der Waals surface area (Å²) in [7, 11) is 0. The summed E-state index contributed by atoms with van der Waals surface area (Å²) in [6.45, 7) is 1.86. The minimum atomic E-state index is -0.611. The van der Waals surface area contributed by atoms with Crippen molar-refractivity contribution in [1.82, 2.24) is 9.97 Å². The molecule has 0 bridgehead atoms. The van der Waals surface area contributed by atoms with Crippen molar-refractivity contribution in [2.45, 2.75) is 12.1 Å². The molecule has 2 aromatic carbocycles. The van der Waals surface area contributed by atoms with E-state index in [9.17, 15) is 14.4 Å². The third-order valence-corrected chi connectivity index (χ3v) is 5.28. The van der Waals surface area contributed by atoms with E-state index in [1.165, 1.54) is 0 Å². The van der Waals surface area contributed by atoms with E-state index in [1.54, 1.807) is 48.5 Å². The van der Waals surface area contributed by atoms with Gasteiger partial charge in [0.25, 0.3) is 11.5 Å². The van der Waals surface area contributed by atoms with E-state index < -0.39 is 11.5 Å². The second-order valence-electron chi connectivity index (χ2n) is 6.25. The molecule has 3 rings (SSSR count). The predicted octanol–water partition coefficient (Wildman–Crippen LogP) is 3.30. The zero-order chi connectivity index (χ0) is 21.7. The monoisotopic (exact) mass is 443 g/mol. The van der Waals surface area contributed by atoms with E-state index in [0.29, 0.717) is 16.3 Å². The number of hydrogen-bond acceptors (Lipinski definition) is 6. The number of carbonyl (C=O) groups excluding carboxylic acids is 2. The second kappa shape index (κ2) is 9.47. The maximum atomic E-state index is 12.3. The number of carbonyl (C=O) groups is 2. The van der Waals surface area contributed by atoms with Crippen LogP contribution in [0.1, 0.15) is 15.9 Å². The third-order valence-electron chi connectivity index (χ3n) is 4.00. The van der Waals surface area contributed by atoms with Crippen molar-refractivity contribution in [3.05, 3.63) is 75.0 Å². The summed E-state index contributed by atoms with van der Waals surface area (Å²) in [5.41, 5.74) is 6.92. The maximum Gasteiger partial charge on any atom is 0.277 e. The number of thioether (sulfide) groups is 1. The van der Waals surface area contributed by atoms with Crippen LogP contribution in [0, 0.1) is 6.92 Å². The molecule has 0 radical (unpaired) electrons. The van der Waals surface area contributed by atoms with Gasteiger partial charge in [-0.2, -0.15) is 0 Å². The normalized spacial score (nSPS) is 10.5. The van der Waals surface area contributed by atoms with Crippen molar-refractivity contribution < 1.29 is 9.59 Å². The first-order valence-electron chi connectivity index (χ1n) is 8.78. The summed E-state index contributed by atoms with van der Waals surface area (Å²) in [6, 6.07) is 13.6. The van der Waals surface area contributed by atoms with Crippen molar-refractivity contribution in [3.8, 4) is 0 Å². The molecule has 154 valence electrons. The standard InChI is InChI=1S/C20H18ClN5O3S/c1-11-7-8-13(9-14(11)21)23-15(27)10-30-20-25-17(22)16(19(29)26-20)24-18(28)12-5-3-2-4-6-12/h2-9H,10H2,1H3,(H,23,27)(H,24,28)(H3,22,25,26,29). The van der Waals surface area contributed by atoms with Crippen LogP contribution in [0.4, 0.5) is 17.2 Å². The molecule has 1 aromatic heterocycles. The van der Waals surface area contributed by atoms with E-state index in [0.717, 1.165) is 17.3 Å². The summed E-state index contributed by atoms with van der Waals surface area (Å²) < 4.78 is 0. The molecule has 0 atom stereocenters. The first-order valence-corrected chi connectivity index (χ1v) is 10.1. The summed E-state index contributed by atoms with van der Waals surface area (Å²) in [4.78, 5) is 43.2. The van der Waals surface area contributed by atoms with Gasteiger partial charge < -0.3 is 16.4 Å². The van der Waals surface area contributed by atoms with Gasteiger partial charge in [0.1, 0.15) is 5.69 Å². The Morgan fingerprint density at radius 2 is 1.90 bits per heavy atom. The van der Waals surface area contributed by atoms with Gasteiger partial charge in [0.15, 0.2) is 11.0 Å². The topological polar surface area (TPSA) is 130 Å². The number of amides is 2. The first kappa shape index (κ1) is 21.4. The number of anilines is 3. The lowest BCUT2D eigenvalue weighted by atomic mass is 10.2. The Morgan fingerprint density at radius 3 is 2.57 bits per heavy atom. The number of H-pyrrole nitrogens is 1. The van der Waals surface area contributed by atoms with Crippen LogP contribution in [0.2, 0.25) is 5.02 Å². The quantitative estimate of drug-likeness (QED) is 0.341. The highest BCUT2D eigenvalue weighted by Crippen LogP contribution is 2.21.